The molecule has 3 nitrogen and oxygen atoms in total. The zero-order chi connectivity index (χ0) is 13.8. The number of rotatable bonds is 6. The Bertz CT molecular complexity index is 489. The Morgan fingerprint density at radius 1 is 1.17 bits per heavy atom. The van der Waals surface area contributed by atoms with Crippen LogP contribution in [-0.4, -0.2) is 26.5 Å². The minimum Gasteiger partial charge on any atom is -0.384 e. The Balaban J connectivity index is 2.65. The summed E-state index contributed by atoms with van der Waals surface area (Å²) in [5, 5.41) is 3.22. The molecule has 18 heavy (non-hydrogen) atoms. The monoisotopic (exact) mass is 333 g/mol. The fourth-order valence-corrected chi connectivity index (χ4v) is 3.86. The van der Waals surface area contributed by atoms with Crippen LogP contribution in [0, 0.1) is 13.8 Å². The van der Waals surface area contributed by atoms with Crippen LogP contribution in [-0.2, 0) is 9.84 Å². The SMILES string of the molecule is CCCS(=O)(=O)CCNc1c(C)cc(Br)cc1C. The Kier molecular flexibility index (Phi) is 5.66. The first kappa shape index (κ1) is 15.5. The van der Waals surface area contributed by atoms with E-state index in [0.29, 0.717) is 13.0 Å². The maximum absolute atomic E-state index is 11.6. The summed E-state index contributed by atoms with van der Waals surface area (Å²) in [6, 6.07) is 4.05. The van der Waals surface area contributed by atoms with E-state index in [-0.39, 0.29) is 11.5 Å². The lowest BCUT2D eigenvalue weighted by atomic mass is 10.1. The van der Waals surface area contributed by atoms with Gasteiger partial charge in [0.1, 0.15) is 0 Å². The summed E-state index contributed by atoms with van der Waals surface area (Å²) in [4.78, 5) is 0. The van der Waals surface area contributed by atoms with Crippen molar-refractivity contribution in [2.75, 3.05) is 23.4 Å². The van der Waals surface area contributed by atoms with Crippen molar-refractivity contribution in [3.63, 3.8) is 0 Å². The first-order valence-corrected chi connectivity index (χ1v) is 8.68. The van der Waals surface area contributed by atoms with Crippen molar-refractivity contribution < 1.29 is 8.42 Å². The summed E-state index contributed by atoms with van der Waals surface area (Å²) < 4.78 is 24.2. The summed E-state index contributed by atoms with van der Waals surface area (Å²) in [5.74, 6) is 0.461. The maximum Gasteiger partial charge on any atom is 0.152 e. The summed E-state index contributed by atoms with van der Waals surface area (Å²) in [6.07, 6.45) is 0.679. The van der Waals surface area contributed by atoms with Crippen LogP contribution in [0.2, 0.25) is 0 Å². The molecule has 0 spiro atoms. The molecule has 1 aromatic rings. The van der Waals surface area contributed by atoms with Crippen LogP contribution in [0.5, 0.6) is 0 Å². The summed E-state index contributed by atoms with van der Waals surface area (Å²) in [6.45, 7) is 6.38. The van der Waals surface area contributed by atoms with E-state index in [1.807, 2.05) is 32.9 Å². The van der Waals surface area contributed by atoms with Gasteiger partial charge in [-0.25, -0.2) is 8.42 Å². The molecule has 0 saturated heterocycles. The second-order valence-electron chi connectivity index (χ2n) is 4.49. The lowest BCUT2D eigenvalue weighted by molar-refractivity contribution is 0.595. The van der Waals surface area contributed by atoms with Gasteiger partial charge < -0.3 is 5.32 Å². The number of nitrogens with one attached hydrogen (secondary N) is 1. The van der Waals surface area contributed by atoms with Crippen LogP contribution < -0.4 is 5.32 Å². The van der Waals surface area contributed by atoms with Gasteiger partial charge in [0.2, 0.25) is 0 Å². The molecule has 0 bridgehead atoms. The van der Waals surface area contributed by atoms with Gasteiger partial charge in [0.25, 0.3) is 0 Å². The standard InChI is InChI=1S/C13H20BrNO2S/c1-4-6-18(16,17)7-5-15-13-10(2)8-12(14)9-11(13)3/h8-9,15H,4-7H2,1-3H3. The molecule has 0 aliphatic heterocycles. The van der Waals surface area contributed by atoms with E-state index in [1.165, 1.54) is 0 Å². The molecule has 0 heterocycles. The van der Waals surface area contributed by atoms with Gasteiger partial charge in [0.15, 0.2) is 9.84 Å². The number of hydrogen-bond donors (Lipinski definition) is 1. The molecule has 1 rings (SSSR count). The van der Waals surface area contributed by atoms with Crippen LogP contribution in [0.15, 0.2) is 16.6 Å². The smallest absolute Gasteiger partial charge is 0.152 e. The van der Waals surface area contributed by atoms with E-state index in [9.17, 15) is 8.42 Å². The number of anilines is 1. The van der Waals surface area contributed by atoms with Gasteiger partial charge >= 0.3 is 0 Å². The zero-order valence-electron chi connectivity index (χ0n) is 11.1. The zero-order valence-corrected chi connectivity index (χ0v) is 13.5. The fourth-order valence-electron chi connectivity index (χ4n) is 1.93. The molecular formula is C13H20BrNO2S. The van der Waals surface area contributed by atoms with Gasteiger partial charge in [-0.2, -0.15) is 0 Å². The van der Waals surface area contributed by atoms with Gasteiger partial charge in [0, 0.05) is 22.5 Å². The molecule has 0 aliphatic rings. The molecule has 1 N–H and O–H groups in total. The molecule has 0 aliphatic carbocycles. The van der Waals surface area contributed by atoms with Crippen molar-refractivity contribution in [2.45, 2.75) is 27.2 Å². The topological polar surface area (TPSA) is 46.2 Å². The number of sulfone groups is 1. The fraction of sp³-hybridized carbons (Fsp3) is 0.538. The Morgan fingerprint density at radius 3 is 2.22 bits per heavy atom. The highest BCUT2D eigenvalue weighted by molar-refractivity contribution is 9.10. The Hall–Kier alpha value is -0.550. The minimum atomic E-state index is -2.91. The molecule has 0 amide bonds. The largest absolute Gasteiger partial charge is 0.384 e. The minimum absolute atomic E-state index is 0.190. The van der Waals surface area contributed by atoms with Crippen LogP contribution in [0.25, 0.3) is 0 Å². The third-order valence-electron chi connectivity index (χ3n) is 2.73. The maximum atomic E-state index is 11.6. The van der Waals surface area contributed by atoms with E-state index >= 15 is 0 Å². The highest BCUT2D eigenvalue weighted by Gasteiger charge is 2.10. The van der Waals surface area contributed by atoms with Crippen LogP contribution in [0.4, 0.5) is 5.69 Å². The van der Waals surface area contributed by atoms with Crippen LogP contribution in [0.3, 0.4) is 0 Å². The van der Waals surface area contributed by atoms with Crippen molar-refractivity contribution >= 4 is 31.5 Å². The van der Waals surface area contributed by atoms with Crippen molar-refractivity contribution in [1.82, 2.24) is 0 Å². The quantitative estimate of drug-likeness (QED) is 0.868. The number of halogens is 1. The third-order valence-corrected chi connectivity index (χ3v) is 5.04. The molecular weight excluding hydrogens is 314 g/mol. The van der Waals surface area contributed by atoms with Gasteiger partial charge in [-0.1, -0.05) is 22.9 Å². The van der Waals surface area contributed by atoms with Gasteiger partial charge in [-0.15, -0.1) is 0 Å². The molecule has 0 atom stereocenters. The first-order valence-electron chi connectivity index (χ1n) is 6.07. The van der Waals surface area contributed by atoms with Gasteiger partial charge in [0.05, 0.1) is 5.75 Å². The molecule has 0 saturated carbocycles. The van der Waals surface area contributed by atoms with E-state index in [4.69, 9.17) is 0 Å². The molecule has 1 aromatic carbocycles. The predicted octanol–water partition coefficient (Wildman–Crippen LogP) is 3.30. The van der Waals surface area contributed by atoms with E-state index in [0.717, 1.165) is 21.3 Å². The molecule has 0 aromatic heterocycles. The van der Waals surface area contributed by atoms with Crippen molar-refractivity contribution in [1.29, 1.82) is 0 Å². The average Bonchev–Trinajstić information content (AvgIpc) is 2.21. The van der Waals surface area contributed by atoms with Gasteiger partial charge in [-0.05, 0) is 43.5 Å². The molecule has 0 unspecified atom stereocenters. The average molecular weight is 334 g/mol. The second kappa shape index (κ2) is 6.57. The highest BCUT2D eigenvalue weighted by Crippen LogP contribution is 2.24. The predicted molar refractivity (Wildman–Crippen MR) is 81.1 cm³/mol. The number of benzene rings is 1. The van der Waals surface area contributed by atoms with Crippen molar-refractivity contribution in [3.05, 3.63) is 27.7 Å². The Morgan fingerprint density at radius 2 is 1.72 bits per heavy atom. The van der Waals surface area contributed by atoms with Gasteiger partial charge in [-0.3, -0.25) is 0 Å². The lowest BCUT2D eigenvalue weighted by Gasteiger charge is -2.13. The van der Waals surface area contributed by atoms with Crippen molar-refractivity contribution in [3.8, 4) is 0 Å². The van der Waals surface area contributed by atoms with E-state index in [1.54, 1.807) is 0 Å². The summed E-state index contributed by atoms with van der Waals surface area (Å²) in [5.41, 5.74) is 3.27. The molecule has 102 valence electrons. The normalized spacial score (nSPS) is 11.6. The van der Waals surface area contributed by atoms with E-state index < -0.39 is 9.84 Å². The van der Waals surface area contributed by atoms with Crippen LogP contribution in [0.1, 0.15) is 24.5 Å². The number of aryl methyl sites for hydroxylation is 2. The molecule has 0 fully saturated rings. The van der Waals surface area contributed by atoms with Crippen molar-refractivity contribution in [2.24, 2.45) is 0 Å². The summed E-state index contributed by atoms with van der Waals surface area (Å²) >= 11 is 3.44. The lowest BCUT2D eigenvalue weighted by Crippen LogP contribution is -2.18. The second-order valence-corrected chi connectivity index (χ2v) is 7.71. The Labute approximate surface area is 118 Å². The first-order chi connectivity index (χ1) is 8.35. The highest BCUT2D eigenvalue weighted by atomic mass is 79.9. The third kappa shape index (κ3) is 4.61. The number of hydrogen-bond acceptors (Lipinski definition) is 3. The molecule has 5 heteroatoms. The van der Waals surface area contributed by atoms with E-state index in [2.05, 4.69) is 21.2 Å². The molecule has 0 radical (unpaired) electrons. The van der Waals surface area contributed by atoms with Crippen LogP contribution >= 0.6 is 15.9 Å². The summed E-state index contributed by atoms with van der Waals surface area (Å²) in [7, 11) is -2.91.